The Balaban J connectivity index is 0.00000280. The van der Waals surface area contributed by atoms with Crippen LogP contribution in [0.2, 0.25) is 0 Å². The normalized spacial score (nSPS) is 22.2. The van der Waals surface area contributed by atoms with Crippen LogP contribution in [0.5, 0.6) is 0 Å². The Kier molecular flexibility index (Phi) is 10.5. The summed E-state index contributed by atoms with van der Waals surface area (Å²) in [7, 11) is 0. The van der Waals surface area contributed by atoms with Crippen molar-refractivity contribution < 1.29 is 0 Å². The molecular formula is C21H37IN6. The van der Waals surface area contributed by atoms with Crippen molar-refractivity contribution in [2.24, 2.45) is 10.7 Å². The Morgan fingerprint density at radius 2 is 1.82 bits per heavy atom. The molecule has 0 aliphatic carbocycles. The Morgan fingerprint density at radius 1 is 1.11 bits per heavy atom. The summed E-state index contributed by atoms with van der Waals surface area (Å²) in [5.41, 5.74) is 7.46. The van der Waals surface area contributed by atoms with Gasteiger partial charge >= 0.3 is 0 Å². The van der Waals surface area contributed by atoms with Crippen LogP contribution in [0.3, 0.4) is 0 Å². The molecule has 2 heterocycles. The number of hydrogen-bond donors (Lipinski definition) is 2. The molecule has 158 valence electrons. The minimum Gasteiger partial charge on any atom is -0.370 e. The zero-order valence-corrected chi connectivity index (χ0v) is 19.6. The first-order valence-corrected chi connectivity index (χ1v) is 10.5. The fraction of sp³-hybridized carbons (Fsp3) is 0.667. The molecule has 0 saturated carbocycles. The maximum absolute atomic E-state index is 6.06. The molecule has 2 fully saturated rings. The number of hydrogen-bond acceptors (Lipinski definition) is 4. The highest BCUT2D eigenvalue weighted by molar-refractivity contribution is 14.0. The molecular weight excluding hydrogens is 463 g/mol. The number of aliphatic imine (C=N–C) groups is 1. The first-order chi connectivity index (χ1) is 13.2. The predicted octanol–water partition coefficient (Wildman–Crippen LogP) is 1.81. The maximum Gasteiger partial charge on any atom is 0.188 e. The lowest BCUT2D eigenvalue weighted by Gasteiger charge is -2.34. The van der Waals surface area contributed by atoms with Crippen molar-refractivity contribution in [3.63, 3.8) is 0 Å². The van der Waals surface area contributed by atoms with Crippen LogP contribution in [0.1, 0.15) is 25.3 Å². The fourth-order valence-electron chi connectivity index (χ4n) is 4.13. The van der Waals surface area contributed by atoms with E-state index in [0.717, 1.165) is 58.9 Å². The molecule has 0 radical (unpaired) electrons. The lowest BCUT2D eigenvalue weighted by molar-refractivity contribution is 0.129. The van der Waals surface area contributed by atoms with Crippen molar-refractivity contribution in [2.75, 3.05) is 58.9 Å². The molecule has 2 aliphatic heterocycles. The van der Waals surface area contributed by atoms with Gasteiger partial charge in [0.15, 0.2) is 5.96 Å². The third-order valence-electron chi connectivity index (χ3n) is 5.83. The fourth-order valence-corrected chi connectivity index (χ4v) is 4.13. The third-order valence-corrected chi connectivity index (χ3v) is 5.83. The van der Waals surface area contributed by atoms with E-state index in [1.54, 1.807) is 0 Å². The number of piperazine rings is 1. The number of nitrogens with one attached hydrogen (secondary N) is 1. The highest BCUT2D eigenvalue weighted by atomic mass is 127. The van der Waals surface area contributed by atoms with Crippen molar-refractivity contribution in [3.8, 4) is 0 Å². The van der Waals surface area contributed by atoms with Crippen molar-refractivity contribution >= 4 is 29.9 Å². The summed E-state index contributed by atoms with van der Waals surface area (Å²) in [5, 5.41) is 3.29. The van der Waals surface area contributed by atoms with E-state index in [4.69, 9.17) is 5.73 Å². The second kappa shape index (κ2) is 12.6. The summed E-state index contributed by atoms with van der Waals surface area (Å²) < 4.78 is 0. The predicted molar refractivity (Wildman–Crippen MR) is 128 cm³/mol. The van der Waals surface area contributed by atoms with E-state index >= 15 is 0 Å². The van der Waals surface area contributed by atoms with Gasteiger partial charge in [-0.05, 0) is 31.5 Å². The summed E-state index contributed by atoms with van der Waals surface area (Å²) >= 11 is 0. The number of halogens is 1. The second-order valence-electron chi connectivity index (χ2n) is 7.68. The van der Waals surface area contributed by atoms with Gasteiger partial charge in [-0.15, -0.1) is 24.0 Å². The molecule has 1 aromatic carbocycles. The van der Waals surface area contributed by atoms with E-state index in [1.165, 1.54) is 24.9 Å². The minimum atomic E-state index is 0. The number of likely N-dealkylation sites (N-methyl/N-ethyl adjacent to an activating group) is 1. The zero-order valence-electron chi connectivity index (χ0n) is 17.2. The van der Waals surface area contributed by atoms with Crippen molar-refractivity contribution in [1.29, 1.82) is 0 Å². The molecule has 2 aliphatic rings. The van der Waals surface area contributed by atoms with E-state index in [-0.39, 0.29) is 24.0 Å². The Hall–Kier alpha value is -0.900. The molecule has 0 aromatic heterocycles. The molecule has 1 aromatic rings. The molecule has 0 spiro atoms. The molecule has 2 saturated heterocycles. The van der Waals surface area contributed by atoms with E-state index in [0.29, 0.717) is 12.0 Å². The SMILES string of the molecule is CCN1CCCC1CN=C(N)NCCN1CCN(Cc2ccccc2)CC1.I. The lowest BCUT2D eigenvalue weighted by atomic mass is 10.2. The summed E-state index contributed by atoms with van der Waals surface area (Å²) in [6, 6.07) is 11.3. The smallest absolute Gasteiger partial charge is 0.188 e. The van der Waals surface area contributed by atoms with Crippen molar-refractivity contribution in [1.82, 2.24) is 20.0 Å². The van der Waals surface area contributed by atoms with Gasteiger partial charge in [0.2, 0.25) is 0 Å². The van der Waals surface area contributed by atoms with Crippen LogP contribution in [0.25, 0.3) is 0 Å². The number of likely N-dealkylation sites (tertiary alicyclic amines) is 1. The van der Waals surface area contributed by atoms with Crippen LogP contribution in [-0.4, -0.2) is 85.6 Å². The highest BCUT2D eigenvalue weighted by Gasteiger charge is 2.22. The Labute approximate surface area is 187 Å². The van der Waals surface area contributed by atoms with Crippen molar-refractivity contribution in [2.45, 2.75) is 32.4 Å². The first-order valence-electron chi connectivity index (χ1n) is 10.5. The van der Waals surface area contributed by atoms with Gasteiger partial charge in [-0.3, -0.25) is 19.7 Å². The molecule has 3 N–H and O–H groups in total. The standard InChI is InChI=1S/C21H36N6.HI/c1-2-27-11-6-9-20(27)17-24-21(22)23-10-12-25-13-15-26(16-14-25)18-19-7-4-3-5-8-19;/h3-5,7-8,20H,2,6,9-18H2,1H3,(H3,22,23,24);1H. The molecule has 7 heteroatoms. The number of nitrogens with zero attached hydrogens (tertiary/aromatic N) is 4. The van der Waals surface area contributed by atoms with Crippen LogP contribution in [0.15, 0.2) is 35.3 Å². The van der Waals surface area contributed by atoms with Gasteiger partial charge in [0, 0.05) is 51.9 Å². The molecule has 0 bridgehead atoms. The number of rotatable bonds is 8. The topological polar surface area (TPSA) is 60.1 Å². The van der Waals surface area contributed by atoms with Gasteiger partial charge in [0.05, 0.1) is 6.54 Å². The Morgan fingerprint density at radius 3 is 2.54 bits per heavy atom. The quantitative estimate of drug-likeness (QED) is 0.324. The average molecular weight is 500 g/mol. The molecule has 3 rings (SSSR count). The van der Waals surface area contributed by atoms with Gasteiger partial charge in [0.25, 0.3) is 0 Å². The summed E-state index contributed by atoms with van der Waals surface area (Å²) in [4.78, 5) is 12.1. The molecule has 6 nitrogen and oxygen atoms in total. The van der Waals surface area contributed by atoms with E-state index in [2.05, 4.69) is 62.3 Å². The third kappa shape index (κ3) is 7.50. The first kappa shape index (κ1) is 23.4. The monoisotopic (exact) mass is 500 g/mol. The van der Waals surface area contributed by atoms with Crippen LogP contribution in [0.4, 0.5) is 0 Å². The van der Waals surface area contributed by atoms with E-state index in [9.17, 15) is 0 Å². The number of guanidine groups is 1. The largest absolute Gasteiger partial charge is 0.370 e. The minimum absolute atomic E-state index is 0. The highest BCUT2D eigenvalue weighted by Crippen LogP contribution is 2.16. The summed E-state index contributed by atoms with van der Waals surface area (Å²) in [6.07, 6.45) is 2.54. The average Bonchev–Trinajstić information content (AvgIpc) is 3.16. The zero-order chi connectivity index (χ0) is 18.9. The van der Waals surface area contributed by atoms with Gasteiger partial charge in [-0.1, -0.05) is 37.3 Å². The van der Waals surface area contributed by atoms with Gasteiger partial charge in [0.1, 0.15) is 0 Å². The van der Waals surface area contributed by atoms with E-state index in [1.807, 2.05) is 0 Å². The summed E-state index contributed by atoms with van der Waals surface area (Å²) in [5.74, 6) is 0.598. The number of nitrogens with two attached hydrogens (primary N) is 1. The van der Waals surface area contributed by atoms with Gasteiger partial charge in [-0.25, -0.2) is 0 Å². The maximum atomic E-state index is 6.06. The molecule has 28 heavy (non-hydrogen) atoms. The van der Waals surface area contributed by atoms with Crippen LogP contribution < -0.4 is 11.1 Å². The summed E-state index contributed by atoms with van der Waals surface area (Å²) in [6.45, 7) is 12.8. The molecule has 1 unspecified atom stereocenters. The number of benzene rings is 1. The second-order valence-corrected chi connectivity index (χ2v) is 7.68. The Bertz CT molecular complexity index is 574. The van der Waals surface area contributed by atoms with Crippen molar-refractivity contribution in [3.05, 3.63) is 35.9 Å². The van der Waals surface area contributed by atoms with Gasteiger partial charge < -0.3 is 11.1 Å². The van der Waals surface area contributed by atoms with Crippen LogP contribution >= 0.6 is 24.0 Å². The van der Waals surface area contributed by atoms with Crippen LogP contribution in [0, 0.1) is 0 Å². The lowest BCUT2D eigenvalue weighted by Crippen LogP contribution is -2.48. The van der Waals surface area contributed by atoms with Crippen LogP contribution in [-0.2, 0) is 6.54 Å². The van der Waals surface area contributed by atoms with Gasteiger partial charge in [-0.2, -0.15) is 0 Å². The molecule has 0 amide bonds. The van der Waals surface area contributed by atoms with E-state index < -0.39 is 0 Å². The molecule has 1 atom stereocenters.